The lowest BCUT2D eigenvalue weighted by Crippen LogP contribution is -2.17. The minimum absolute atomic E-state index is 0.260. The average molecular weight is 259 g/mol. The van der Waals surface area contributed by atoms with Crippen LogP contribution in [0.2, 0.25) is 0 Å². The van der Waals surface area contributed by atoms with Crippen molar-refractivity contribution < 1.29 is 0 Å². The fraction of sp³-hybridized carbons (Fsp3) is 0.118. The molecular formula is C17H13N3. The van der Waals surface area contributed by atoms with Crippen molar-refractivity contribution in [3.8, 4) is 0 Å². The Bertz CT molecular complexity index is 791. The molecule has 3 heteroatoms. The predicted molar refractivity (Wildman–Crippen MR) is 80.7 cm³/mol. The van der Waals surface area contributed by atoms with Crippen molar-refractivity contribution in [2.24, 2.45) is 21.4 Å². The molecule has 96 valence electrons. The number of hydrogen-bond donors (Lipinski definition) is 0. The highest BCUT2D eigenvalue weighted by molar-refractivity contribution is 6.04. The van der Waals surface area contributed by atoms with E-state index in [4.69, 9.17) is 0 Å². The van der Waals surface area contributed by atoms with Crippen molar-refractivity contribution in [1.82, 2.24) is 0 Å². The minimum Gasteiger partial charge on any atom is -0.132 e. The van der Waals surface area contributed by atoms with E-state index in [9.17, 15) is 0 Å². The minimum atomic E-state index is 0.260. The molecule has 0 amide bonds. The van der Waals surface area contributed by atoms with E-state index in [1.807, 2.05) is 6.08 Å². The maximum Gasteiger partial charge on any atom is 0.111 e. The molecule has 0 aromatic heterocycles. The molecule has 20 heavy (non-hydrogen) atoms. The Labute approximate surface area is 117 Å². The molecule has 3 nitrogen and oxygen atoms in total. The first-order chi connectivity index (χ1) is 9.92. The first-order valence-electron chi connectivity index (χ1n) is 6.76. The van der Waals surface area contributed by atoms with Crippen molar-refractivity contribution in [1.29, 1.82) is 0 Å². The van der Waals surface area contributed by atoms with E-state index in [1.54, 1.807) is 0 Å². The van der Waals surface area contributed by atoms with Gasteiger partial charge in [0.15, 0.2) is 0 Å². The number of hydrogen-bond acceptors (Lipinski definition) is 3. The summed E-state index contributed by atoms with van der Waals surface area (Å²) in [5.41, 5.74) is 3.23. The molecule has 1 atom stereocenters. The first-order valence-corrected chi connectivity index (χ1v) is 6.76. The maximum absolute atomic E-state index is 4.17. The summed E-state index contributed by atoms with van der Waals surface area (Å²) in [5, 5.41) is 14.6. The van der Waals surface area contributed by atoms with Crippen LogP contribution in [0.25, 0.3) is 10.8 Å². The van der Waals surface area contributed by atoms with Crippen molar-refractivity contribution in [2.45, 2.75) is 6.42 Å². The summed E-state index contributed by atoms with van der Waals surface area (Å²) in [4.78, 5) is 0. The van der Waals surface area contributed by atoms with Crippen LogP contribution in [0.4, 0.5) is 0 Å². The molecule has 1 heterocycles. The molecule has 2 aromatic carbocycles. The topological polar surface area (TPSA) is 37.1 Å². The Hall–Kier alpha value is -2.55. The van der Waals surface area contributed by atoms with Crippen LogP contribution in [0, 0.1) is 5.92 Å². The van der Waals surface area contributed by atoms with Crippen molar-refractivity contribution >= 4 is 16.5 Å². The monoisotopic (exact) mass is 259 g/mol. The van der Waals surface area contributed by atoms with Crippen LogP contribution in [0.15, 0.2) is 81.8 Å². The molecule has 0 saturated carbocycles. The highest BCUT2D eigenvalue weighted by Gasteiger charge is 2.24. The van der Waals surface area contributed by atoms with Crippen LogP contribution in [0.1, 0.15) is 5.56 Å². The van der Waals surface area contributed by atoms with Crippen LogP contribution >= 0.6 is 0 Å². The molecule has 4 rings (SSSR count). The molecular weight excluding hydrogens is 246 g/mol. The Balaban J connectivity index is 1.72. The molecule has 0 fully saturated rings. The van der Waals surface area contributed by atoms with Gasteiger partial charge < -0.3 is 0 Å². The third-order valence-corrected chi connectivity index (χ3v) is 3.84. The Morgan fingerprint density at radius 1 is 1.00 bits per heavy atom. The molecule has 2 aromatic rings. The number of benzene rings is 2. The lowest BCUT2D eigenvalue weighted by Gasteiger charge is -2.16. The van der Waals surface area contributed by atoms with Crippen LogP contribution in [0.3, 0.4) is 0 Å². The summed E-state index contributed by atoms with van der Waals surface area (Å²) >= 11 is 0. The largest absolute Gasteiger partial charge is 0.132 e. The van der Waals surface area contributed by atoms with Gasteiger partial charge in [-0.2, -0.15) is 0 Å². The van der Waals surface area contributed by atoms with Gasteiger partial charge in [-0.15, -0.1) is 10.2 Å². The first kappa shape index (κ1) is 11.3. The highest BCUT2D eigenvalue weighted by atomic mass is 15.4. The van der Waals surface area contributed by atoms with E-state index in [1.165, 1.54) is 16.3 Å². The number of allylic oxidation sites excluding steroid dienone is 4. The normalized spacial score (nSPS) is 19.9. The van der Waals surface area contributed by atoms with E-state index in [2.05, 4.69) is 70.1 Å². The molecule has 0 spiro atoms. The van der Waals surface area contributed by atoms with E-state index >= 15 is 0 Å². The molecule has 1 unspecified atom stereocenters. The van der Waals surface area contributed by atoms with Gasteiger partial charge in [0, 0.05) is 5.92 Å². The van der Waals surface area contributed by atoms with Gasteiger partial charge in [0.2, 0.25) is 0 Å². The second-order valence-corrected chi connectivity index (χ2v) is 5.06. The zero-order chi connectivity index (χ0) is 13.4. The van der Waals surface area contributed by atoms with Gasteiger partial charge in [0.1, 0.15) is 5.70 Å². The third-order valence-electron chi connectivity index (χ3n) is 3.84. The van der Waals surface area contributed by atoms with Gasteiger partial charge >= 0.3 is 0 Å². The molecule has 2 aliphatic rings. The van der Waals surface area contributed by atoms with Crippen molar-refractivity contribution in [3.05, 3.63) is 72.0 Å². The molecule has 0 radical (unpaired) electrons. The van der Waals surface area contributed by atoms with E-state index in [-0.39, 0.29) is 5.92 Å². The zero-order valence-corrected chi connectivity index (χ0v) is 10.9. The molecule has 0 N–H and O–H groups in total. The summed E-state index contributed by atoms with van der Waals surface area (Å²) in [6.07, 6.45) is 7.13. The number of fused-ring (bicyclic) bond motifs is 2. The lowest BCUT2D eigenvalue weighted by molar-refractivity contribution is 0.849. The highest BCUT2D eigenvalue weighted by Crippen LogP contribution is 2.28. The second kappa shape index (κ2) is 4.53. The Kier molecular flexibility index (Phi) is 2.56. The summed E-state index contributed by atoms with van der Waals surface area (Å²) in [5.74, 6) is 0.260. The number of nitrogens with zero attached hydrogens (tertiary/aromatic N) is 3. The van der Waals surface area contributed by atoms with E-state index < -0.39 is 0 Å². The van der Waals surface area contributed by atoms with E-state index in [0.29, 0.717) is 0 Å². The molecule has 1 aliphatic heterocycles. The Morgan fingerprint density at radius 2 is 1.90 bits per heavy atom. The quantitative estimate of drug-likeness (QED) is 0.772. The van der Waals surface area contributed by atoms with Gasteiger partial charge in [0.25, 0.3) is 0 Å². The summed E-state index contributed by atoms with van der Waals surface area (Å²) in [7, 11) is 0. The summed E-state index contributed by atoms with van der Waals surface area (Å²) < 4.78 is 0. The van der Waals surface area contributed by atoms with Crippen LogP contribution in [-0.2, 0) is 6.42 Å². The third kappa shape index (κ3) is 1.79. The molecule has 1 aliphatic carbocycles. The van der Waals surface area contributed by atoms with Crippen molar-refractivity contribution in [2.75, 3.05) is 0 Å². The van der Waals surface area contributed by atoms with Crippen LogP contribution in [0.5, 0.6) is 0 Å². The predicted octanol–water partition coefficient (Wildman–Crippen LogP) is 4.27. The van der Waals surface area contributed by atoms with Gasteiger partial charge in [0.05, 0.1) is 5.71 Å². The van der Waals surface area contributed by atoms with Crippen LogP contribution in [-0.4, -0.2) is 5.71 Å². The van der Waals surface area contributed by atoms with Gasteiger partial charge in [-0.05, 0) is 34.1 Å². The van der Waals surface area contributed by atoms with E-state index in [0.717, 1.165) is 17.8 Å². The zero-order valence-electron chi connectivity index (χ0n) is 10.9. The fourth-order valence-electron chi connectivity index (χ4n) is 2.85. The standard InChI is InChI=1S/C17H13N3/c1-2-9-15-12(5-1)6-3-7-13(15)11-14-8-4-10-16-17(14)19-20-18-16/h1-10,14H,11H2. The van der Waals surface area contributed by atoms with Gasteiger partial charge in [-0.25, -0.2) is 0 Å². The summed E-state index contributed by atoms with van der Waals surface area (Å²) in [6.45, 7) is 0. The Morgan fingerprint density at radius 3 is 2.90 bits per heavy atom. The SMILES string of the molecule is C1=CC(Cc2cccc3ccccc23)C2=NN=NC2=C1. The van der Waals surface area contributed by atoms with Gasteiger partial charge in [-0.1, -0.05) is 54.6 Å². The smallest absolute Gasteiger partial charge is 0.111 e. The number of rotatable bonds is 2. The fourth-order valence-corrected chi connectivity index (χ4v) is 2.85. The molecule has 0 bridgehead atoms. The van der Waals surface area contributed by atoms with Gasteiger partial charge in [-0.3, -0.25) is 0 Å². The van der Waals surface area contributed by atoms with Crippen LogP contribution < -0.4 is 0 Å². The second-order valence-electron chi connectivity index (χ2n) is 5.06. The average Bonchev–Trinajstić information content (AvgIpc) is 2.97. The van der Waals surface area contributed by atoms with Crippen molar-refractivity contribution in [3.63, 3.8) is 0 Å². The summed E-state index contributed by atoms with van der Waals surface area (Å²) in [6, 6.07) is 15.0. The lowest BCUT2D eigenvalue weighted by atomic mass is 9.88. The maximum atomic E-state index is 4.17. The molecule has 0 saturated heterocycles.